The number of aromatic nitrogens is 1. The van der Waals surface area contributed by atoms with Gasteiger partial charge in [-0.25, -0.2) is 9.59 Å². The quantitative estimate of drug-likeness (QED) is 0.172. The molecule has 3 aromatic carbocycles. The lowest BCUT2D eigenvalue weighted by atomic mass is 9.73. The zero-order valence-corrected chi connectivity index (χ0v) is 25.7. The predicted molar refractivity (Wildman–Crippen MR) is 175 cm³/mol. The highest BCUT2D eigenvalue weighted by Crippen LogP contribution is 2.41. The van der Waals surface area contributed by atoms with Gasteiger partial charge in [0.15, 0.2) is 12.2 Å². The minimum absolute atomic E-state index is 0.00354. The van der Waals surface area contributed by atoms with E-state index in [1.54, 1.807) is 67.8 Å². The van der Waals surface area contributed by atoms with Crippen LogP contribution in [0, 0.1) is 11.8 Å². The molecule has 1 aromatic heterocycles. The molecule has 6 N–H and O–H groups in total. The standard InChI is InChI=1S/C20H25N3O.2C8H8O3/c1-3-13-12-23-9-7-14(13)10-19(23)20(21)16-6-8-22-18-5-4-15(24-2)11-17(16)18;2*9-7(8(10)11)6-4-2-1-3-5-6/h3-6,8,11,13-14,19-20H,1,7,9-10,12,21H2,2H3;2*1-5,7,9H,(H,10,11)/t13-,14-,19-,20-;2*7-/m011/s1. The van der Waals surface area contributed by atoms with Crippen molar-refractivity contribution in [1.82, 2.24) is 9.88 Å². The molecule has 46 heavy (non-hydrogen) atoms. The normalized spacial score (nSPS) is 21.7. The Labute approximate surface area is 268 Å². The van der Waals surface area contributed by atoms with Gasteiger partial charge in [0.1, 0.15) is 5.75 Å². The summed E-state index contributed by atoms with van der Waals surface area (Å²) in [6.07, 6.45) is 3.61. The first-order valence-electron chi connectivity index (χ1n) is 15.1. The molecule has 4 aromatic rings. The molecule has 0 spiro atoms. The molecule has 3 fully saturated rings. The number of aliphatic carboxylic acids is 2. The fourth-order valence-corrected chi connectivity index (χ4v) is 6.08. The Morgan fingerprint density at radius 3 is 2.02 bits per heavy atom. The van der Waals surface area contributed by atoms with Crippen molar-refractivity contribution in [1.29, 1.82) is 0 Å². The summed E-state index contributed by atoms with van der Waals surface area (Å²) in [5, 5.41) is 35.9. The van der Waals surface area contributed by atoms with Crippen molar-refractivity contribution in [3.63, 3.8) is 0 Å². The number of rotatable bonds is 8. The van der Waals surface area contributed by atoms with Crippen LogP contribution in [0.25, 0.3) is 10.9 Å². The molecule has 10 nitrogen and oxygen atoms in total. The first-order valence-corrected chi connectivity index (χ1v) is 15.1. The van der Waals surface area contributed by atoms with E-state index in [0.29, 0.717) is 23.1 Å². The van der Waals surface area contributed by atoms with Crippen LogP contribution in [0.15, 0.2) is 104 Å². The molecule has 4 heterocycles. The summed E-state index contributed by atoms with van der Waals surface area (Å²) < 4.78 is 5.39. The topological polar surface area (TPSA) is 166 Å². The molecule has 242 valence electrons. The summed E-state index contributed by atoms with van der Waals surface area (Å²) in [5.74, 6) is -0.254. The Morgan fingerprint density at radius 2 is 1.54 bits per heavy atom. The number of hydrogen-bond donors (Lipinski definition) is 5. The molecule has 3 saturated heterocycles. The number of ether oxygens (including phenoxy) is 1. The van der Waals surface area contributed by atoms with Gasteiger partial charge >= 0.3 is 11.9 Å². The fourth-order valence-electron chi connectivity index (χ4n) is 6.08. The maximum absolute atomic E-state index is 10.2. The van der Waals surface area contributed by atoms with E-state index >= 15 is 0 Å². The van der Waals surface area contributed by atoms with E-state index in [1.807, 2.05) is 18.3 Å². The van der Waals surface area contributed by atoms with Gasteiger partial charge in [0.25, 0.3) is 0 Å². The average molecular weight is 628 g/mol. The van der Waals surface area contributed by atoms with E-state index in [1.165, 1.54) is 12.0 Å². The SMILES string of the molecule is C=C[C@H]1CN2CC[C@H]1C[C@H]2[C@@H](N)c1ccnc2ccc(OC)cc12.O=C(O)[C@H](O)c1ccccc1.O=C(O)[C@H](O)c1ccccc1. The summed E-state index contributed by atoms with van der Waals surface area (Å²) in [6, 6.07) is 25.0. The minimum atomic E-state index is -1.41. The largest absolute Gasteiger partial charge is 0.497 e. The zero-order chi connectivity index (χ0) is 33.2. The van der Waals surface area contributed by atoms with Gasteiger partial charge in [0, 0.05) is 30.2 Å². The molecule has 0 aliphatic carbocycles. The number of pyridine rings is 1. The van der Waals surface area contributed by atoms with Crippen LogP contribution in [-0.4, -0.2) is 68.5 Å². The van der Waals surface area contributed by atoms with Gasteiger partial charge in [-0.2, -0.15) is 0 Å². The van der Waals surface area contributed by atoms with E-state index in [9.17, 15) is 9.59 Å². The molecule has 2 bridgehead atoms. The zero-order valence-electron chi connectivity index (χ0n) is 25.7. The third kappa shape index (κ3) is 8.35. The second-order valence-electron chi connectivity index (χ2n) is 11.4. The summed E-state index contributed by atoms with van der Waals surface area (Å²) in [6.45, 7) is 6.26. The summed E-state index contributed by atoms with van der Waals surface area (Å²) in [4.78, 5) is 27.5. The average Bonchev–Trinajstić information content (AvgIpc) is 3.11. The van der Waals surface area contributed by atoms with E-state index in [2.05, 4.69) is 34.7 Å². The van der Waals surface area contributed by atoms with Gasteiger partial charge in [-0.05, 0) is 72.2 Å². The van der Waals surface area contributed by atoms with Gasteiger partial charge in [-0.1, -0.05) is 66.7 Å². The molecule has 1 unspecified atom stereocenters. The van der Waals surface area contributed by atoms with Crippen LogP contribution >= 0.6 is 0 Å². The van der Waals surface area contributed by atoms with Crippen LogP contribution in [0.2, 0.25) is 0 Å². The van der Waals surface area contributed by atoms with Crippen molar-refractivity contribution in [3.8, 4) is 5.75 Å². The summed E-state index contributed by atoms with van der Waals surface area (Å²) in [5.41, 5.74) is 9.72. The molecule has 0 amide bonds. The maximum Gasteiger partial charge on any atom is 0.337 e. The van der Waals surface area contributed by atoms with Gasteiger partial charge in [-0.3, -0.25) is 9.88 Å². The second kappa shape index (κ2) is 16.1. The molecule has 3 aliphatic rings. The van der Waals surface area contributed by atoms with Crippen molar-refractivity contribution < 1.29 is 34.8 Å². The van der Waals surface area contributed by atoms with Crippen molar-refractivity contribution in [2.24, 2.45) is 17.6 Å². The molecule has 10 heteroatoms. The number of nitrogens with two attached hydrogens (primary N) is 1. The molecular formula is C36H41N3O7. The molecule has 3 aliphatic heterocycles. The molecule has 0 saturated carbocycles. The lowest BCUT2D eigenvalue weighted by Gasteiger charge is -2.51. The first-order chi connectivity index (χ1) is 22.1. The number of methoxy groups -OCH3 is 1. The van der Waals surface area contributed by atoms with Crippen molar-refractivity contribution in [2.45, 2.75) is 37.1 Å². The Hall–Kier alpha value is -4.61. The molecular weight excluding hydrogens is 586 g/mol. The number of carboxylic acid groups (broad SMARTS) is 2. The van der Waals surface area contributed by atoms with Crippen LogP contribution in [0.5, 0.6) is 5.75 Å². The minimum Gasteiger partial charge on any atom is -0.497 e. The predicted octanol–water partition coefficient (Wildman–Crippen LogP) is 4.75. The third-order valence-corrected chi connectivity index (χ3v) is 8.61. The van der Waals surface area contributed by atoms with Crippen molar-refractivity contribution >= 4 is 22.8 Å². The number of aliphatic hydroxyl groups excluding tert-OH is 2. The van der Waals surface area contributed by atoms with Crippen LogP contribution in [-0.2, 0) is 9.59 Å². The van der Waals surface area contributed by atoms with E-state index in [4.69, 9.17) is 30.9 Å². The van der Waals surface area contributed by atoms with Crippen LogP contribution < -0.4 is 10.5 Å². The highest BCUT2D eigenvalue weighted by molar-refractivity contribution is 5.84. The summed E-state index contributed by atoms with van der Waals surface area (Å²) in [7, 11) is 1.69. The Kier molecular flexibility index (Phi) is 12.0. The Morgan fingerprint density at radius 1 is 0.957 bits per heavy atom. The van der Waals surface area contributed by atoms with Gasteiger partial charge in [0.2, 0.25) is 0 Å². The number of nitrogens with zero attached hydrogens (tertiary/aromatic N) is 2. The monoisotopic (exact) mass is 627 g/mol. The van der Waals surface area contributed by atoms with Gasteiger partial charge < -0.3 is 30.9 Å². The molecule has 7 atom stereocenters. The van der Waals surface area contributed by atoms with Crippen molar-refractivity contribution in [2.75, 3.05) is 20.2 Å². The van der Waals surface area contributed by atoms with Crippen LogP contribution in [0.1, 0.15) is 47.8 Å². The lowest BCUT2D eigenvalue weighted by Crippen LogP contribution is -2.56. The van der Waals surface area contributed by atoms with Gasteiger partial charge in [-0.15, -0.1) is 6.58 Å². The number of benzene rings is 3. The van der Waals surface area contributed by atoms with Crippen LogP contribution in [0.4, 0.5) is 0 Å². The fraction of sp³-hybridized carbons (Fsp3) is 0.306. The van der Waals surface area contributed by atoms with E-state index in [-0.39, 0.29) is 6.04 Å². The number of carbonyl (C=O) groups is 2. The second-order valence-corrected chi connectivity index (χ2v) is 11.4. The number of hydrogen-bond acceptors (Lipinski definition) is 8. The van der Waals surface area contributed by atoms with Crippen LogP contribution in [0.3, 0.4) is 0 Å². The number of carboxylic acids is 2. The summed E-state index contributed by atoms with van der Waals surface area (Å²) >= 11 is 0. The highest BCUT2D eigenvalue weighted by atomic mass is 16.5. The highest BCUT2D eigenvalue weighted by Gasteiger charge is 2.41. The Balaban J connectivity index is 0.000000182. The smallest absolute Gasteiger partial charge is 0.337 e. The maximum atomic E-state index is 10.2. The number of aliphatic hydroxyl groups is 2. The molecule has 7 rings (SSSR count). The number of piperidine rings is 3. The number of fused-ring (bicyclic) bond motifs is 4. The lowest BCUT2D eigenvalue weighted by molar-refractivity contribution is -0.147. The first kappa shape index (κ1) is 34.3. The van der Waals surface area contributed by atoms with E-state index < -0.39 is 24.1 Å². The van der Waals surface area contributed by atoms with Crippen molar-refractivity contribution in [3.05, 3.63) is 120 Å². The third-order valence-electron chi connectivity index (χ3n) is 8.61. The Bertz CT molecular complexity index is 1550. The molecule has 0 radical (unpaired) electrons. The van der Waals surface area contributed by atoms with E-state index in [0.717, 1.165) is 42.1 Å². The van der Waals surface area contributed by atoms with Gasteiger partial charge in [0.05, 0.1) is 12.6 Å².